The molecule has 4 nitrogen and oxygen atoms in total. The van der Waals surface area contributed by atoms with Gasteiger partial charge in [0.25, 0.3) is 0 Å². The molecule has 0 fully saturated rings. The first-order chi connectivity index (χ1) is 14.3. The molecule has 30 heavy (non-hydrogen) atoms. The van der Waals surface area contributed by atoms with E-state index in [-0.39, 0.29) is 17.2 Å². The lowest BCUT2D eigenvalue weighted by atomic mass is 9.73. The zero-order valence-corrected chi connectivity index (χ0v) is 19.0. The van der Waals surface area contributed by atoms with Gasteiger partial charge in [0.1, 0.15) is 0 Å². The maximum absolute atomic E-state index is 13.3. The zero-order valence-electron chi connectivity index (χ0n) is 17.5. The van der Waals surface area contributed by atoms with Crippen LogP contribution in [-0.4, -0.2) is 12.3 Å². The quantitative estimate of drug-likeness (QED) is 0.516. The number of hydrogen-bond acceptors (Lipinski definition) is 4. The minimum Gasteiger partial charge on any atom is -0.372 e. The van der Waals surface area contributed by atoms with Crippen molar-refractivity contribution in [2.75, 3.05) is 17.2 Å². The summed E-state index contributed by atoms with van der Waals surface area (Å²) in [6, 6.07) is 11.3. The fourth-order valence-electron chi connectivity index (χ4n) is 4.41. The van der Waals surface area contributed by atoms with E-state index in [1.165, 1.54) is 0 Å². The Morgan fingerprint density at radius 2 is 1.97 bits per heavy atom. The predicted molar refractivity (Wildman–Crippen MR) is 125 cm³/mol. The Hall–Kier alpha value is -2.01. The highest BCUT2D eigenvalue weighted by Gasteiger charge is 2.39. The molecule has 158 valence electrons. The van der Waals surface area contributed by atoms with Crippen molar-refractivity contribution in [2.24, 2.45) is 5.41 Å². The van der Waals surface area contributed by atoms with Crippen LogP contribution < -0.4 is 16.0 Å². The molecule has 4 rings (SSSR count). The summed E-state index contributed by atoms with van der Waals surface area (Å²) >= 11 is 12.8. The molecule has 0 bridgehead atoms. The SMILES string of the molecule is CCNCc1cccc2c1NC(c1ccc(Cl)cc1Cl)C1=C(CC(C)(C)CC1=O)N2. The highest BCUT2D eigenvalue weighted by molar-refractivity contribution is 6.35. The first-order valence-electron chi connectivity index (χ1n) is 10.4. The number of halogens is 2. The number of carbonyl (C=O) groups is 1. The molecule has 2 aliphatic rings. The number of carbonyl (C=O) groups excluding carboxylic acids is 1. The smallest absolute Gasteiger partial charge is 0.163 e. The molecule has 0 aromatic heterocycles. The Kier molecular flexibility index (Phi) is 5.84. The third kappa shape index (κ3) is 4.09. The van der Waals surface area contributed by atoms with Gasteiger partial charge in [0.15, 0.2) is 5.78 Å². The number of benzene rings is 2. The topological polar surface area (TPSA) is 53.2 Å². The summed E-state index contributed by atoms with van der Waals surface area (Å²) in [6.07, 6.45) is 1.31. The molecular formula is C24H27Cl2N3O. The van der Waals surface area contributed by atoms with E-state index in [2.05, 4.69) is 48.9 Å². The van der Waals surface area contributed by atoms with Crippen molar-refractivity contribution >= 4 is 40.4 Å². The van der Waals surface area contributed by atoms with Crippen molar-refractivity contribution in [2.45, 2.75) is 46.2 Å². The normalized spacial score (nSPS) is 20.0. The minimum absolute atomic E-state index is 0.0941. The van der Waals surface area contributed by atoms with Gasteiger partial charge in [-0.05, 0) is 47.7 Å². The van der Waals surface area contributed by atoms with Crippen LogP contribution in [-0.2, 0) is 11.3 Å². The monoisotopic (exact) mass is 443 g/mol. The van der Waals surface area contributed by atoms with E-state index in [4.69, 9.17) is 23.2 Å². The van der Waals surface area contributed by atoms with Crippen LogP contribution in [0.4, 0.5) is 11.4 Å². The lowest BCUT2D eigenvalue weighted by Gasteiger charge is -2.34. The third-order valence-electron chi connectivity index (χ3n) is 5.77. The average molecular weight is 444 g/mol. The summed E-state index contributed by atoms with van der Waals surface area (Å²) in [7, 11) is 0. The predicted octanol–water partition coefficient (Wildman–Crippen LogP) is 6.32. The molecule has 1 aliphatic heterocycles. The largest absolute Gasteiger partial charge is 0.372 e. The van der Waals surface area contributed by atoms with E-state index in [9.17, 15) is 4.79 Å². The number of allylic oxidation sites excluding steroid dienone is 1. The molecular weight excluding hydrogens is 417 g/mol. The van der Waals surface area contributed by atoms with Crippen LogP contribution in [0.25, 0.3) is 0 Å². The molecule has 6 heteroatoms. The van der Waals surface area contributed by atoms with Crippen LogP contribution in [0.1, 0.15) is 50.8 Å². The standard InChI is InChI=1S/C24H27Cl2N3O/c1-4-27-13-14-6-5-7-18-22(14)29-23(16-9-8-15(25)10-17(16)26)21-19(28-18)11-24(2,3)12-20(21)30/h5-10,23,27-29H,4,11-13H2,1-3H3. The Balaban J connectivity index is 1.89. The Morgan fingerprint density at radius 1 is 1.17 bits per heavy atom. The van der Waals surface area contributed by atoms with Crippen molar-refractivity contribution in [3.8, 4) is 0 Å². The van der Waals surface area contributed by atoms with Gasteiger partial charge in [-0.25, -0.2) is 0 Å². The number of nitrogens with one attached hydrogen (secondary N) is 3. The summed E-state index contributed by atoms with van der Waals surface area (Å²) in [6.45, 7) is 7.98. The van der Waals surface area contributed by atoms with E-state index in [0.717, 1.165) is 53.3 Å². The van der Waals surface area contributed by atoms with E-state index >= 15 is 0 Å². The van der Waals surface area contributed by atoms with Gasteiger partial charge < -0.3 is 16.0 Å². The van der Waals surface area contributed by atoms with Crippen LogP contribution in [0.2, 0.25) is 10.0 Å². The van der Waals surface area contributed by atoms with Crippen molar-refractivity contribution in [1.82, 2.24) is 5.32 Å². The molecule has 0 saturated carbocycles. The fourth-order valence-corrected chi connectivity index (χ4v) is 4.93. The van der Waals surface area contributed by atoms with Crippen molar-refractivity contribution in [3.63, 3.8) is 0 Å². The molecule has 0 amide bonds. The zero-order chi connectivity index (χ0) is 21.5. The van der Waals surface area contributed by atoms with Gasteiger partial charge in [0, 0.05) is 34.3 Å². The van der Waals surface area contributed by atoms with Gasteiger partial charge in [-0.15, -0.1) is 0 Å². The van der Waals surface area contributed by atoms with Gasteiger partial charge in [0.2, 0.25) is 0 Å². The maximum atomic E-state index is 13.3. The second-order valence-corrected chi connectivity index (χ2v) is 9.67. The number of ketones is 1. The van der Waals surface area contributed by atoms with Crippen molar-refractivity contribution in [3.05, 3.63) is 68.8 Å². The molecule has 0 saturated heterocycles. The summed E-state index contributed by atoms with van der Waals surface area (Å²) in [5.74, 6) is 0.151. The lowest BCUT2D eigenvalue weighted by molar-refractivity contribution is -0.118. The first kappa shape index (κ1) is 21.2. The number of anilines is 2. The van der Waals surface area contributed by atoms with Crippen molar-refractivity contribution < 1.29 is 4.79 Å². The maximum Gasteiger partial charge on any atom is 0.163 e. The van der Waals surface area contributed by atoms with Crippen molar-refractivity contribution in [1.29, 1.82) is 0 Å². The number of rotatable bonds is 4. The minimum atomic E-state index is -0.343. The van der Waals surface area contributed by atoms with Gasteiger partial charge in [-0.1, -0.05) is 62.2 Å². The van der Waals surface area contributed by atoms with Crippen LogP contribution in [0.15, 0.2) is 47.7 Å². The summed E-state index contributed by atoms with van der Waals surface area (Å²) in [5, 5.41) is 11.8. The average Bonchev–Trinajstić information content (AvgIpc) is 2.82. The Bertz CT molecular complexity index is 1030. The second kappa shape index (κ2) is 8.26. The number of hydrogen-bond donors (Lipinski definition) is 3. The van der Waals surface area contributed by atoms with Crippen LogP contribution in [0.3, 0.4) is 0 Å². The molecule has 0 radical (unpaired) electrons. The van der Waals surface area contributed by atoms with Gasteiger partial charge >= 0.3 is 0 Å². The summed E-state index contributed by atoms with van der Waals surface area (Å²) in [5.41, 5.74) is 5.62. The van der Waals surface area contributed by atoms with Crippen LogP contribution in [0.5, 0.6) is 0 Å². The lowest BCUT2D eigenvalue weighted by Crippen LogP contribution is -2.31. The van der Waals surface area contributed by atoms with Crippen LogP contribution >= 0.6 is 23.2 Å². The summed E-state index contributed by atoms with van der Waals surface area (Å²) < 4.78 is 0. The van der Waals surface area contributed by atoms with E-state index in [1.807, 2.05) is 18.2 Å². The fraction of sp³-hybridized carbons (Fsp3) is 0.375. The molecule has 2 aromatic carbocycles. The number of para-hydroxylation sites is 1. The second-order valence-electron chi connectivity index (χ2n) is 8.82. The molecule has 2 aromatic rings. The molecule has 0 spiro atoms. The number of Topliss-reactive ketones (excluding diaryl/α,β-unsaturated/α-hetero) is 1. The Labute approximate surface area is 188 Å². The summed E-state index contributed by atoms with van der Waals surface area (Å²) in [4.78, 5) is 13.3. The van der Waals surface area contributed by atoms with Crippen LogP contribution in [0, 0.1) is 5.41 Å². The highest BCUT2D eigenvalue weighted by atomic mass is 35.5. The third-order valence-corrected chi connectivity index (χ3v) is 6.34. The molecule has 1 aliphatic carbocycles. The van der Waals surface area contributed by atoms with Gasteiger partial charge in [-0.3, -0.25) is 4.79 Å². The van der Waals surface area contributed by atoms with Gasteiger partial charge in [-0.2, -0.15) is 0 Å². The van der Waals surface area contributed by atoms with Gasteiger partial charge in [0.05, 0.1) is 17.4 Å². The van der Waals surface area contributed by atoms with E-state index in [0.29, 0.717) is 16.5 Å². The van der Waals surface area contributed by atoms with E-state index in [1.54, 1.807) is 6.07 Å². The van der Waals surface area contributed by atoms with E-state index < -0.39 is 0 Å². The molecule has 1 heterocycles. The highest BCUT2D eigenvalue weighted by Crippen LogP contribution is 2.47. The Morgan fingerprint density at radius 3 is 2.70 bits per heavy atom. The number of fused-ring (bicyclic) bond motifs is 1. The molecule has 3 N–H and O–H groups in total. The molecule has 1 unspecified atom stereocenters. The molecule has 1 atom stereocenters. The first-order valence-corrected chi connectivity index (χ1v) is 11.1.